The molecule has 0 bridgehead atoms. The quantitative estimate of drug-likeness (QED) is 0.385. The van der Waals surface area contributed by atoms with E-state index in [2.05, 4.69) is 10.0 Å². The van der Waals surface area contributed by atoms with Gasteiger partial charge in [0.2, 0.25) is 0 Å². The van der Waals surface area contributed by atoms with E-state index >= 15 is 0 Å². The van der Waals surface area contributed by atoms with Crippen molar-refractivity contribution in [2.45, 2.75) is 37.9 Å². The lowest BCUT2D eigenvalue weighted by Gasteiger charge is -2.16. The van der Waals surface area contributed by atoms with E-state index in [0.29, 0.717) is 17.5 Å². The molecule has 186 valence electrons. The van der Waals surface area contributed by atoms with E-state index in [-0.39, 0.29) is 10.6 Å². The van der Waals surface area contributed by atoms with Crippen LogP contribution in [0, 0.1) is 13.8 Å². The summed E-state index contributed by atoms with van der Waals surface area (Å²) in [5.74, 6) is 0.0944. The van der Waals surface area contributed by atoms with Crippen LogP contribution in [0.5, 0.6) is 5.75 Å². The highest BCUT2D eigenvalue weighted by atomic mass is 35.5. The summed E-state index contributed by atoms with van der Waals surface area (Å²) in [6, 6.07) is 13.3. The highest BCUT2D eigenvalue weighted by molar-refractivity contribution is 7.92. The molecule has 1 amide bonds. The number of rotatable bonds is 7. The number of anilines is 2. The van der Waals surface area contributed by atoms with Crippen LogP contribution in [0.25, 0.3) is 0 Å². The van der Waals surface area contributed by atoms with E-state index in [1.165, 1.54) is 24.3 Å². The van der Waals surface area contributed by atoms with E-state index in [4.69, 9.17) is 16.3 Å². The summed E-state index contributed by atoms with van der Waals surface area (Å²) >= 11 is 5.57. The number of benzene rings is 3. The molecule has 3 aromatic rings. The number of amides is 1. The van der Waals surface area contributed by atoms with Gasteiger partial charge in [0, 0.05) is 11.4 Å². The lowest BCUT2D eigenvalue weighted by Crippen LogP contribution is -2.30. The van der Waals surface area contributed by atoms with Gasteiger partial charge in [0.15, 0.2) is 6.10 Å². The minimum absolute atomic E-state index is 0.210. The maximum atomic E-state index is 13.0. The molecule has 2 N–H and O–H groups in total. The van der Waals surface area contributed by atoms with E-state index < -0.39 is 38.8 Å². The van der Waals surface area contributed by atoms with Gasteiger partial charge in [0.25, 0.3) is 15.9 Å². The topological polar surface area (TPSA) is 84.5 Å². The predicted molar refractivity (Wildman–Crippen MR) is 128 cm³/mol. The van der Waals surface area contributed by atoms with Crippen molar-refractivity contribution in [3.8, 4) is 5.75 Å². The number of sulfonamides is 1. The van der Waals surface area contributed by atoms with Crippen LogP contribution >= 0.6 is 11.6 Å². The van der Waals surface area contributed by atoms with Gasteiger partial charge in [-0.2, -0.15) is 13.2 Å². The highest BCUT2D eigenvalue weighted by Gasteiger charge is 2.33. The summed E-state index contributed by atoms with van der Waals surface area (Å²) < 4.78 is 72.1. The molecule has 3 rings (SSSR count). The Kier molecular flexibility index (Phi) is 7.66. The van der Waals surface area contributed by atoms with Gasteiger partial charge in [0.1, 0.15) is 5.75 Å². The van der Waals surface area contributed by atoms with Gasteiger partial charge in [0.05, 0.1) is 15.5 Å². The Hall–Kier alpha value is -3.24. The van der Waals surface area contributed by atoms with Gasteiger partial charge in [-0.15, -0.1) is 0 Å². The molecule has 3 aromatic carbocycles. The second kappa shape index (κ2) is 10.2. The number of halogens is 4. The Bertz CT molecular complexity index is 1340. The normalized spacial score (nSPS) is 12.7. The molecule has 6 nitrogen and oxygen atoms in total. The van der Waals surface area contributed by atoms with Crippen LogP contribution in [-0.2, 0) is 21.0 Å². The van der Waals surface area contributed by atoms with Crippen molar-refractivity contribution in [1.82, 2.24) is 0 Å². The number of hydrogen-bond donors (Lipinski definition) is 2. The molecule has 0 aliphatic rings. The van der Waals surface area contributed by atoms with Gasteiger partial charge in [-0.1, -0.05) is 17.7 Å². The summed E-state index contributed by atoms with van der Waals surface area (Å²) in [4.78, 5) is 12.3. The number of aryl methyl sites for hydroxylation is 2. The molecule has 0 heterocycles. The molecule has 0 aromatic heterocycles. The molecular formula is C24H22ClF3N2O4S. The first-order chi connectivity index (χ1) is 16.3. The zero-order chi connectivity index (χ0) is 26.0. The first-order valence-corrected chi connectivity index (χ1v) is 12.2. The summed E-state index contributed by atoms with van der Waals surface area (Å²) in [6.45, 7) is 5.47. The van der Waals surface area contributed by atoms with E-state index in [1.807, 2.05) is 26.0 Å². The van der Waals surface area contributed by atoms with E-state index in [0.717, 1.165) is 23.3 Å². The van der Waals surface area contributed by atoms with Crippen molar-refractivity contribution in [1.29, 1.82) is 0 Å². The summed E-state index contributed by atoms with van der Waals surface area (Å²) in [5.41, 5.74) is 0.978. The zero-order valence-electron chi connectivity index (χ0n) is 18.9. The smallest absolute Gasteiger partial charge is 0.417 e. The highest BCUT2D eigenvalue weighted by Crippen LogP contribution is 2.36. The van der Waals surface area contributed by atoms with Crippen molar-refractivity contribution >= 4 is 38.9 Å². The van der Waals surface area contributed by atoms with Crippen molar-refractivity contribution in [2.24, 2.45) is 0 Å². The maximum absolute atomic E-state index is 13.0. The van der Waals surface area contributed by atoms with Crippen molar-refractivity contribution in [3.05, 3.63) is 82.4 Å². The lowest BCUT2D eigenvalue weighted by atomic mass is 10.1. The second-order valence-corrected chi connectivity index (χ2v) is 9.91. The minimum atomic E-state index is -4.74. The lowest BCUT2D eigenvalue weighted by molar-refractivity contribution is -0.137. The van der Waals surface area contributed by atoms with Crippen LogP contribution in [0.2, 0.25) is 5.02 Å². The Labute approximate surface area is 206 Å². The molecular weight excluding hydrogens is 505 g/mol. The number of carbonyl (C=O) groups excluding carboxylic acids is 1. The summed E-state index contributed by atoms with van der Waals surface area (Å²) in [6.07, 6.45) is -5.56. The predicted octanol–water partition coefficient (Wildman–Crippen LogP) is 6.18. The standard InChI is InChI=1S/C24H22ClF3N2O4S/c1-14-4-8-19(12-15(14)2)34-16(3)23(31)29-17-5-9-20(10-6-17)35(32,33)30-18-7-11-22(25)21(13-18)24(26,27)28/h4-13,16,30H,1-3H3,(H,29,31)/t16-/m1/s1. The molecule has 0 saturated carbocycles. The van der Waals surface area contributed by atoms with Crippen molar-refractivity contribution in [2.75, 3.05) is 10.0 Å². The minimum Gasteiger partial charge on any atom is -0.481 e. The molecule has 1 atom stereocenters. The van der Waals surface area contributed by atoms with Crippen molar-refractivity contribution in [3.63, 3.8) is 0 Å². The van der Waals surface area contributed by atoms with Crippen LogP contribution < -0.4 is 14.8 Å². The van der Waals surface area contributed by atoms with Gasteiger partial charge >= 0.3 is 6.18 Å². The summed E-state index contributed by atoms with van der Waals surface area (Å²) in [5, 5.41) is 2.08. The second-order valence-electron chi connectivity index (χ2n) is 7.82. The third-order valence-corrected chi connectivity index (χ3v) is 6.84. The van der Waals surface area contributed by atoms with Gasteiger partial charge in [-0.05, 0) is 86.5 Å². The van der Waals surface area contributed by atoms with Crippen LogP contribution in [0.3, 0.4) is 0 Å². The fraction of sp³-hybridized carbons (Fsp3) is 0.208. The summed E-state index contributed by atoms with van der Waals surface area (Å²) in [7, 11) is -4.20. The molecule has 0 radical (unpaired) electrons. The Morgan fingerprint density at radius 1 is 0.943 bits per heavy atom. The van der Waals surface area contributed by atoms with E-state index in [9.17, 15) is 26.4 Å². The molecule has 35 heavy (non-hydrogen) atoms. The fourth-order valence-corrected chi connectivity index (χ4v) is 4.30. The van der Waals surface area contributed by atoms with Crippen LogP contribution in [0.15, 0.2) is 65.6 Å². The molecule has 0 saturated heterocycles. The Balaban J connectivity index is 1.67. The largest absolute Gasteiger partial charge is 0.481 e. The third kappa shape index (κ3) is 6.67. The number of alkyl halides is 3. The number of carbonyl (C=O) groups is 1. The number of hydrogen-bond acceptors (Lipinski definition) is 4. The van der Waals surface area contributed by atoms with E-state index in [1.54, 1.807) is 13.0 Å². The third-order valence-electron chi connectivity index (χ3n) is 5.12. The monoisotopic (exact) mass is 526 g/mol. The molecule has 0 spiro atoms. The molecule has 0 aliphatic carbocycles. The Morgan fingerprint density at radius 2 is 1.57 bits per heavy atom. The van der Waals surface area contributed by atoms with Crippen LogP contribution in [-0.4, -0.2) is 20.4 Å². The average molecular weight is 527 g/mol. The molecule has 11 heteroatoms. The molecule has 0 fully saturated rings. The SMILES string of the molecule is Cc1ccc(O[C@H](C)C(=O)Nc2ccc(S(=O)(=O)Nc3ccc(Cl)c(C(F)(F)F)c3)cc2)cc1C. The van der Waals surface area contributed by atoms with Crippen LogP contribution in [0.4, 0.5) is 24.5 Å². The average Bonchev–Trinajstić information content (AvgIpc) is 2.77. The number of ether oxygens (including phenoxy) is 1. The first kappa shape index (κ1) is 26.4. The first-order valence-electron chi connectivity index (χ1n) is 10.3. The molecule has 0 unspecified atom stereocenters. The van der Waals surface area contributed by atoms with Crippen molar-refractivity contribution < 1.29 is 31.1 Å². The Morgan fingerprint density at radius 3 is 2.17 bits per heavy atom. The zero-order valence-corrected chi connectivity index (χ0v) is 20.5. The van der Waals surface area contributed by atoms with Gasteiger partial charge in [-0.3, -0.25) is 9.52 Å². The van der Waals surface area contributed by atoms with Crippen LogP contribution in [0.1, 0.15) is 23.6 Å². The van der Waals surface area contributed by atoms with Gasteiger partial charge in [-0.25, -0.2) is 8.42 Å². The fourth-order valence-electron chi connectivity index (χ4n) is 3.03. The molecule has 0 aliphatic heterocycles. The number of nitrogens with one attached hydrogen (secondary N) is 2. The maximum Gasteiger partial charge on any atom is 0.417 e. The van der Waals surface area contributed by atoms with Gasteiger partial charge < -0.3 is 10.1 Å².